The van der Waals surface area contributed by atoms with Crippen molar-refractivity contribution in [2.75, 3.05) is 5.73 Å². The third kappa shape index (κ3) is 2.26. The van der Waals surface area contributed by atoms with E-state index < -0.39 is 5.82 Å². The molecule has 0 bridgehead atoms. The number of anilines is 1. The summed E-state index contributed by atoms with van der Waals surface area (Å²) in [6.07, 6.45) is 0. The van der Waals surface area contributed by atoms with E-state index >= 15 is 0 Å². The first-order valence-corrected chi connectivity index (χ1v) is 6.39. The van der Waals surface area contributed by atoms with E-state index in [9.17, 15) is 4.39 Å². The zero-order chi connectivity index (χ0) is 14.1. The van der Waals surface area contributed by atoms with Crippen LogP contribution >= 0.6 is 11.6 Å². The van der Waals surface area contributed by atoms with Crippen LogP contribution in [0.15, 0.2) is 54.6 Å². The van der Waals surface area contributed by atoms with E-state index in [0.717, 1.165) is 11.3 Å². The van der Waals surface area contributed by atoms with Crippen molar-refractivity contribution in [2.24, 2.45) is 0 Å². The van der Waals surface area contributed by atoms with Gasteiger partial charge >= 0.3 is 0 Å². The largest absolute Gasteiger partial charge is 0.384 e. The highest BCUT2D eigenvalue weighted by molar-refractivity contribution is 6.30. The summed E-state index contributed by atoms with van der Waals surface area (Å²) >= 11 is 5.67. The molecule has 20 heavy (non-hydrogen) atoms. The Kier molecular flexibility index (Phi) is 3.16. The van der Waals surface area contributed by atoms with Crippen molar-refractivity contribution in [1.29, 1.82) is 0 Å². The molecule has 3 nitrogen and oxygen atoms in total. The Labute approximate surface area is 120 Å². The smallest absolute Gasteiger partial charge is 0.143 e. The van der Waals surface area contributed by atoms with Crippen LogP contribution in [0.2, 0.25) is 5.02 Å². The third-order valence-corrected chi connectivity index (χ3v) is 3.26. The molecule has 0 fully saturated rings. The number of halogens is 2. The lowest BCUT2D eigenvalue weighted by Crippen LogP contribution is -2.02. The fraction of sp³-hybridized carbons (Fsp3) is 0. The van der Waals surface area contributed by atoms with Gasteiger partial charge in [-0.2, -0.15) is 5.10 Å². The molecular formula is C15H11ClFN3. The van der Waals surface area contributed by atoms with Crippen LogP contribution in [-0.4, -0.2) is 9.78 Å². The van der Waals surface area contributed by atoms with Crippen LogP contribution in [-0.2, 0) is 0 Å². The van der Waals surface area contributed by atoms with Gasteiger partial charge in [0.25, 0.3) is 0 Å². The lowest BCUT2D eigenvalue weighted by atomic mass is 10.2. The summed E-state index contributed by atoms with van der Waals surface area (Å²) in [5, 5.41) is 4.47. The number of nitrogens with zero attached hydrogens (tertiary/aromatic N) is 2. The molecule has 0 spiro atoms. The number of aromatic nitrogens is 2. The molecule has 0 amide bonds. The zero-order valence-electron chi connectivity index (χ0n) is 10.4. The van der Waals surface area contributed by atoms with Crippen LogP contribution in [0.4, 0.5) is 10.2 Å². The number of nitrogen functional groups attached to an aromatic ring is 1. The van der Waals surface area contributed by atoms with Crippen LogP contribution in [0.5, 0.6) is 0 Å². The fourth-order valence-electron chi connectivity index (χ4n) is 1.97. The van der Waals surface area contributed by atoms with Crippen molar-refractivity contribution in [3.05, 3.63) is 65.4 Å². The molecule has 2 N–H and O–H groups in total. The number of rotatable bonds is 2. The lowest BCUT2D eigenvalue weighted by molar-refractivity contribution is 0.626. The quantitative estimate of drug-likeness (QED) is 0.776. The van der Waals surface area contributed by atoms with Gasteiger partial charge in [0.05, 0.1) is 16.4 Å². The lowest BCUT2D eigenvalue weighted by Gasteiger charge is -2.04. The second-order valence-corrected chi connectivity index (χ2v) is 4.74. The molecule has 1 aromatic heterocycles. The minimum Gasteiger partial charge on any atom is -0.384 e. The molecule has 0 aliphatic rings. The van der Waals surface area contributed by atoms with E-state index in [-0.39, 0.29) is 5.02 Å². The summed E-state index contributed by atoms with van der Waals surface area (Å²) in [7, 11) is 0. The van der Waals surface area contributed by atoms with Crippen molar-refractivity contribution >= 4 is 17.4 Å². The number of nitrogens with two attached hydrogens (primary N) is 1. The minimum atomic E-state index is -0.500. The third-order valence-electron chi connectivity index (χ3n) is 2.95. The van der Waals surface area contributed by atoms with Gasteiger partial charge in [0, 0.05) is 17.7 Å². The zero-order valence-corrected chi connectivity index (χ0v) is 11.2. The van der Waals surface area contributed by atoms with Crippen molar-refractivity contribution in [1.82, 2.24) is 9.78 Å². The average molecular weight is 288 g/mol. The van der Waals surface area contributed by atoms with Gasteiger partial charge in [-0.3, -0.25) is 0 Å². The molecule has 0 aliphatic carbocycles. The second-order valence-electron chi connectivity index (χ2n) is 4.33. The fourth-order valence-corrected chi connectivity index (χ4v) is 2.09. The highest BCUT2D eigenvalue weighted by Gasteiger charge is 2.10. The maximum Gasteiger partial charge on any atom is 0.143 e. The van der Waals surface area contributed by atoms with Gasteiger partial charge in [-0.05, 0) is 12.1 Å². The van der Waals surface area contributed by atoms with Crippen LogP contribution in [0.25, 0.3) is 16.9 Å². The summed E-state index contributed by atoms with van der Waals surface area (Å²) in [5.74, 6) is -0.0640. The molecule has 0 aliphatic heterocycles. The highest BCUT2D eigenvalue weighted by Crippen LogP contribution is 2.24. The van der Waals surface area contributed by atoms with Crippen molar-refractivity contribution in [3.63, 3.8) is 0 Å². The Bertz CT molecular complexity index is 753. The monoisotopic (exact) mass is 287 g/mol. The van der Waals surface area contributed by atoms with Crippen LogP contribution in [0.1, 0.15) is 0 Å². The molecule has 0 radical (unpaired) electrons. The van der Waals surface area contributed by atoms with E-state index in [1.54, 1.807) is 12.1 Å². The topological polar surface area (TPSA) is 43.8 Å². The molecule has 100 valence electrons. The SMILES string of the molecule is Nc1cc(-c2ccccc2)nn1-c1ccc(Cl)c(F)c1. The molecule has 0 saturated heterocycles. The summed E-state index contributed by atoms with van der Waals surface area (Å²) < 4.78 is 15.0. The first-order valence-electron chi connectivity index (χ1n) is 6.01. The maximum atomic E-state index is 13.5. The van der Waals surface area contributed by atoms with E-state index in [1.165, 1.54) is 16.8 Å². The molecular weight excluding hydrogens is 277 g/mol. The highest BCUT2D eigenvalue weighted by atomic mass is 35.5. The Morgan fingerprint density at radius 1 is 1.05 bits per heavy atom. The van der Waals surface area contributed by atoms with Gasteiger partial charge in [-0.15, -0.1) is 0 Å². The van der Waals surface area contributed by atoms with Gasteiger partial charge in [-0.1, -0.05) is 41.9 Å². The molecule has 0 atom stereocenters. The van der Waals surface area contributed by atoms with Gasteiger partial charge < -0.3 is 5.73 Å². The van der Waals surface area contributed by atoms with Crippen molar-refractivity contribution in [2.45, 2.75) is 0 Å². The Hall–Kier alpha value is -2.33. The number of benzene rings is 2. The van der Waals surface area contributed by atoms with Crippen molar-refractivity contribution < 1.29 is 4.39 Å². The summed E-state index contributed by atoms with van der Waals surface area (Å²) in [6.45, 7) is 0. The molecule has 0 unspecified atom stereocenters. The van der Waals surface area contributed by atoms with E-state index in [2.05, 4.69) is 5.10 Å². The molecule has 3 rings (SSSR count). The second kappa shape index (κ2) is 4.98. The van der Waals surface area contributed by atoms with Gasteiger partial charge in [0.1, 0.15) is 11.6 Å². The molecule has 5 heteroatoms. The predicted molar refractivity (Wildman–Crippen MR) is 78.4 cm³/mol. The first-order chi connectivity index (χ1) is 9.65. The summed E-state index contributed by atoms with van der Waals surface area (Å²) in [4.78, 5) is 0. The molecule has 3 aromatic rings. The van der Waals surface area contributed by atoms with E-state index in [0.29, 0.717) is 11.5 Å². The predicted octanol–water partition coefficient (Wildman–Crippen LogP) is 3.91. The van der Waals surface area contributed by atoms with Gasteiger partial charge in [-0.25, -0.2) is 9.07 Å². The van der Waals surface area contributed by atoms with E-state index in [1.807, 2.05) is 30.3 Å². The van der Waals surface area contributed by atoms with Crippen LogP contribution < -0.4 is 5.73 Å². The summed E-state index contributed by atoms with van der Waals surface area (Å²) in [6, 6.07) is 15.9. The normalized spacial score (nSPS) is 10.7. The van der Waals surface area contributed by atoms with Gasteiger partial charge in [0.15, 0.2) is 0 Å². The van der Waals surface area contributed by atoms with Crippen molar-refractivity contribution in [3.8, 4) is 16.9 Å². The minimum absolute atomic E-state index is 0.0720. The van der Waals surface area contributed by atoms with E-state index in [4.69, 9.17) is 17.3 Å². The van der Waals surface area contributed by atoms with Crippen LogP contribution in [0, 0.1) is 5.82 Å². The number of hydrogen-bond donors (Lipinski definition) is 1. The average Bonchev–Trinajstić information content (AvgIpc) is 2.85. The molecule has 1 heterocycles. The first kappa shape index (κ1) is 12.7. The van der Waals surface area contributed by atoms with Crippen LogP contribution in [0.3, 0.4) is 0 Å². The Morgan fingerprint density at radius 3 is 2.50 bits per heavy atom. The molecule has 0 saturated carbocycles. The Morgan fingerprint density at radius 2 is 1.80 bits per heavy atom. The maximum absolute atomic E-state index is 13.5. The standard InChI is InChI=1S/C15H11ClFN3/c16-12-7-6-11(8-13(12)17)20-15(18)9-14(19-20)10-4-2-1-3-5-10/h1-9H,18H2. The summed E-state index contributed by atoms with van der Waals surface area (Å²) in [5.41, 5.74) is 8.16. The Balaban J connectivity index is 2.07. The number of hydrogen-bond acceptors (Lipinski definition) is 2. The molecule has 2 aromatic carbocycles. The van der Waals surface area contributed by atoms with Gasteiger partial charge in [0.2, 0.25) is 0 Å².